The minimum atomic E-state index is -0.900. The van der Waals surface area contributed by atoms with Gasteiger partial charge in [0.25, 0.3) is 0 Å². The van der Waals surface area contributed by atoms with Crippen molar-refractivity contribution in [3.8, 4) is 0 Å². The van der Waals surface area contributed by atoms with Crippen LogP contribution in [0.1, 0.15) is 16.1 Å². The molecule has 0 bridgehead atoms. The highest BCUT2D eigenvalue weighted by Gasteiger charge is 2.34. The Morgan fingerprint density at radius 1 is 1.45 bits per heavy atom. The van der Waals surface area contributed by atoms with Gasteiger partial charge >= 0.3 is 11.9 Å². The molecule has 1 aliphatic heterocycles. The van der Waals surface area contributed by atoms with Gasteiger partial charge in [-0.2, -0.15) is 0 Å². The van der Waals surface area contributed by atoms with Crippen LogP contribution >= 0.6 is 0 Å². The lowest BCUT2D eigenvalue weighted by atomic mass is 10.0. The number of aliphatic carboxylic acids is 1. The Morgan fingerprint density at radius 3 is 2.80 bits per heavy atom. The Labute approximate surface area is 115 Å². The van der Waals surface area contributed by atoms with E-state index in [1.807, 2.05) is 0 Å². The molecule has 1 saturated heterocycles. The van der Waals surface area contributed by atoms with Gasteiger partial charge in [0.2, 0.25) is 0 Å². The van der Waals surface area contributed by atoms with Gasteiger partial charge in [0.15, 0.2) is 0 Å². The summed E-state index contributed by atoms with van der Waals surface area (Å²) < 4.78 is 9.81. The standard InChI is InChI=1S/C13H16N2O5/c1-7-8(13(18)19-2)3-4-11(14-7)15-10-6-20-5-9(10)12(16)17/h3-4,9-10H,5-6H2,1-2H3,(H,14,15)(H,16,17). The molecule has 1 aromatic heterocycles. The minimum absolute atomic E-state index is 0.187. The highest BCUT2D eigenvalue weighted by atomic mass is 16.5. The molecule has 7 nitrogen and oxygen atoms in total. The molecule has 7 heteroatoms. The van der Waals surface area contributed by atoms with E-state index in [2.05, 4.69) is 15.0 Å². The topological polar surface area (TPSA) is 97.8 Å². The summed E-state index contributed by atoms with van der Waals surface area (Å²) in [7, 11) is 1.31. The maximum atomic E-state index is 11.5. The van der Waals surface area contributed by atoms with E-state index in [4.69, 9.17) is 9.84 Å². The zero-order valence-electron chi connectivity index (χ0n) is 11.3. The van der Waals surface area contributed by atoms with Crippen LogP contribution in [0.3, 0.4) is 0 Å². The van der Waals surface area contributed by atoms with Crippen molar-refractivity contribution in [3.05, 3.63) is 23.4 Å². The van der Waals surface area contributed by atoms with Crippen molar-refractivity contribution >= 4 is 17.8 Å². The maximum Gasteiger partial charge on any atom is 0.339 e. The summed E-state index contributed by atoms with van der Waals surface area (Å²) in [4.78, 5) is 26.7. The van der Waals surface area contributed by atoms with Crippen LogP contribution in [-0.4, -0.2) is 48.4 Å². The van der Waals surface area contributed by atoms with Gasteiger partial charge in [0, 0.05) is 0 Å². The summed E-state index contributed by atoms with van der Waals surface area (Å²) in [6.45, 7) is 2.19. The normalized spacial score (nSPS) is 21.5. The molecule has 2 atom stereocenters. The predicted octanol–water partition coefficient (Wildman–Crippen LogP) is 0.688. The van der Waals surface area contributed by atoms with Gasteiger partial charge < -0.3 is 19.9 Å². The molecule has 1 aromatic rings. The highest BCUT2D eigenvalue weighted by Crippen LogP contribution is 2.19. The SMILES string of the molecule is COC(=O)c1ccc(NC2COCC2C(=O)O)nc1C. The number of carbonyl (C=O) groups excluding carboxylic acids is 1. The number of hydrogen-bond donors (Lipinski definition) is 2. The fourth-order valence-corrected chi connectivity index (χ4v) is 2.10. The number of carboxylic acids is 1. The van der Waals surface area contributed by atoms with E-state index in [1.165, 1.54) is 7.11 Å². The lowest BCUT2D eigenvalue weighted by molar-refractivity contribution is -0.141. The first-order chi connectivity index (χ1) is 9.52. The molecule has 2 rings (SSSR count). The molecule has 2 unspecified atom stereocenters. The van der Waals surface area contributed by atoms with E-state index in [0.29, 0.717) is 23.7 Å². The monoisotopic (exact) mass is 280 g/mol. The molecule has 20 heavy (non-hydrogen) atoms. The minimum Gasteiger partial charge on any atom is -0.481 e. The average molecular weight is 280 g/mol. The zero-order chi connectivity index (χ0) is 14.7. The first-order valence-electron chi connectivity index (χ1n) is 6.16. The van der Waals surface area contributed by atoms with Gasteiger partial charge in [0.1, 0.15) is 11.7 Å². The lowest BCUT2D eigenvalue weighted by Crippen LogP contribution is -2.33. The second-order valence-corrected chi connectivity index (χ2v) is 4.55. The number of rotatable bonds is 4. The Kier molecular flexibility index (Phi) is 4.19. The number of aryl methyl sites for hydroxylation is 1. The molecular weight excluding hydrogens is 264 g/mol. The summed E-state index contributed by atoms with van der Waals surface area (Å²) in [5.74, 6) is -1.44. The molecule has 0 aromatic carbocycles. The van der Waals surface area contributed by atoms with Crippen LogP contribution in [0.25, 0.3) is 0 Å². The molecule has 0 amide bonds. The molecule has 2 heterocycles. The van der Waals surface area contributed by atoms with Crippen molar-refractivity contribution in [2.75, 3.05) is 25.6 Å². The number of esters is 1. The van der Waals surface area contributed by atoms with Crippen LogP contribution in [-0.2, 0) is 14.3 Å². The summed E-state index contributed by atoms with van der Waals surface area (Å²) in [6, 6.07) is 2.89. The number of methoxy groups -OCH3 is 1. The Balaban J connectivity index is 2.12. The maximum absolute atomic E-state index is 11.5. The first-order valence-corrected chi connectivity index (χ1v) is 6.16. The van der Waals surface area contributed by atoms with Gasteiger partial charge in [-0.3, -0.25) is 4.79 Å². The summed E-state index contributed by atoms with van der Waals surface area (Å²) in [6.07, 6.45) is 0. The van der Waals surface area contributed by atoms with Crippen molar-refractivity contribution in [1.29, 1.82) is 0 Å². The molecule has 0 aliphatic carbocycles. The number of carbonyl (C=O) groups is 2. The van der Waals surface area contributed by atoms with Crippen molar-refractivity contribution in [1.82, 2.24) is 4.98 Å². The quantitative estimate of drug-likeness (QED) is 0.783. The number of ether oxygens (including phenoxy) is 2. The molecule has 2 N–H and O–H groups in total. The second-order valence-electron chi connectivity index (χ2n) is 4.55. The molecule has 108 valence electrons. The second kappa shape index (κ2) is 5.87. The van der Waals surface area contributed by atoms with Gasteiger partial charge in [-0.05, 0) is 19.1 Å². The molecule has 0 spiro atoms. The fourth-order valence-electron chi connectivity index (χ4n) is 2.10. The van der Waals surface area contributed by atoms with Crippen molar-refractivity contribution < 1.29 is 24.2 Å². The third-order valence-electron chi connectivity index (χ3n) is 3.22. The summed E-state index contributed by atoms with van der Waals surface area (Å²) in [5.41, 5.74) is 0.906. The summed E-state index contributed by atoms with van der Waals surface area (Å²) >= 11 is 0. The van der Waals surface area contributed by atoms with Gasteiger partial charge in [0.05, 0.1) is 37.6 Å². The van der Waals surface area contributed by atoms with E-state index in [1.54, 1.807) is 19.1 Å². The number of nitrogens with zero attached hydrogens (tertiary/aromatic N) is 1. The molecular formula is C13H16N2O5. The first kappa shape index (κ1) is 14.3. The number of hydrogen-bond acceptors (Lipinski definition) is 6. The number of pyridine rings is 1. The van der Waals surface area contributed by atoms with E-state index >= 15 is 0 Å². The number of nitrogens with one attached hydrogen (secondary N) is 1. The van der Waals surface area contributed by atoms with Gasteiger partial charge in [-0.15, -0.1) is 0 Å². The third kappa shape index (κ3) is 2.88. The smallest absolute Gasteiger partial charge is 0.339 e. The Hall–Kier alpha value is -2.15. The predicted molar refractivity (Wildman–Crippen MR) is 69.7 cm³/mol. The van der Waals surface area contributed by atoms with E-state index in [-0.39, 0.29) is 12.6 Å². The molecule has 1 aliphatic rings. The van der Waals surface area contributed by atoms with E-state index < -0.39 is 17.9 Å². The van der Waals surface area contributed by atoms with Crippen LogP contribution in [0, 0.1) is 12.8 Å². The van der Waals surface area contributed by atoms with Gasteiger partial charge in [-0.1, -0.05) is 0 Å². The zero-order valence-corrected chi connectivity index (χ0v) is 11.3. The van der Waals surface area contributed by atoms with E-state index in [0.717, 1.165) is 0 Å². The van der Waals surface area contributed by atoms with Crippen LogP contribution < -0.4 is 5.32 Å². The van der Waals surface area contributed by atoms with Crippen molar-refractivity contribution in [2.24, 2.45) is 5.92 Å². The van der Waals surface area contributed by atoms with Crippen LogP contribution in [0.15, 0.2) is 12.1 Å². The molecule has 1 fully saturated rings. The summed E-state index contributed by atoms with van der Waals surface area (Å²) in [5, 5.41) is 12.1. The van der Waals surface area contributed by atoms with Crippen LogP contribution in [0.2, 0.25) is 0 Å². The fraction of sp³-hybridized carbons (Fsp3) is 0.462. The van der Waals surface area contributed by atoms with E-state index in [9.17, 15) is 9.59 Å². The van der Waals surface area contributed by atoms with Crippen LogP contribution in [0.5, 0.6) is 0 Å². The van der Waals surface area contributed by atoms with Crippen molar-refractivity contribution in [2.45, 2.75) is 13.0 Å². The third-order valence-corrected chi connectivity index (χ3v) is 3.22. The number of carboxylic acid groups (broad SMARTS) is 1. The molecule has 0 saturated carbocycles. The Bertz CT molecular complexity index is 531. The Morgan fingerprint density at radius 2 is 2.20 bits per heavy atom. The number of aromatic nitrogens is 1. The van der Waals surface area contributed by atoms with Crippen LogP contribution in [0.4, 0.5) is 5.82 Å². The molecule has 0 radical (unpaired) electrons. The highest BCUT2D eigenvalue weighted by molar-refractivity contribution is 5.90. The van der Waals surface area contributed by atoms with Crippen molar-refractivity contribution in [3.63, 3.8) is 0 Å². The number of anilines is 1. The largest absolute Gasteiger partial charge is 0.481 e. The average Bonchev–Trinajstić information content (AvgIpc) is 2.86. The van der Waals surface area contributed by atoms with Gasteiger partial charge in [-0.25, -0.2) is 9.78 Å². The lowest BCUT2D eigenvalue weighted by Gasteiger charge is -2.17.